The summed E-state index contributed by atoms with van der Waals surface area (Å²) in [6, 6.07) is 11.1. The normalized spacial score (nSPS) is 11.3. The average Bonchev–Trinajstić information content (AvgIpc) is 2.95. The number of nitrogens with two attached hydrogens (primary N) is 1. The van der Waals surface area contributed by atoms with Gasteiger partial charge >= 0.3 is 0 Å². The minimum atomic E-state index is 0.0762. The standard InChI is InChI=1S/C14H17N3O3/c1-19-12-6-2-3-7-13(12)20-10-9-17-8-4-5-11(17)14(15)16-18/h2-8,18H,9-10H2,1H3,(H2,15,16). The zero-order valence-corrected chi connectivity index (χ0v) is 11.2. The van der Waals surface area contributed by atoms with Gasteiger partial charge in [-0.2, -0.15) is 0 Å². The quantitative estimate of drug-likeness (QED) is 0.363. The van der Waals surface area contributed by atoms with E-state index in [9.17, 15) is 0 Å². The average molecular weight is 275 g/mol. The first-order chi connectivity index (χ1) is 9.76. The molecule has 1 aromatic heterocycles. The number of hydrogen-bond donors (Lipinski definition) is 2. The second-order valence-electron chi connectivity index (χ2n) is 4.07. The predicted molar refractivity (Wildman–Crippen MR) is 75.4 cm³/mol. The van der Waals surface area contributed by atoms with Gasteiger partial charge in [0.2, 0.25) is 0 Å². The van der Waals surface area contributed by atoms with E-state index in [0.29, 0.717) is 30.3 Å². The van der Waals surface area contributed by atoms with E-state index in [-0.39, 0.29) is 5.84 Å². The van der Waals surface area contributed by atoms with Gasteiger partial charge in [-0.15, -0.1) is 0 Å². The van der Waals surface area contributed by atoms with Crippen molar-refractivity contribution in [2.75, 3.05) is 13.7 Å². The maximum absolute atomic E-state index is 8.70. The lowest BCUT2D eigenvalue weighted by atomic mass is 10.3. The molecule has 1 heterocycles. The maximum Gasteiger partial charge on any atom is 0.186 e. The third kappa shape index (κ3) is 3.03. The maximum atomic E-state index is 8.70. The lowest BCUT2D eigenvalue weighted by Crippen LogP contribution is -2.20. The number of ether oxygens (including phenoxy) is 2. The first kappa shape index (κ1) is 13.8. The zero-order chi connectivity index (χ0) is 14.4. The highest BCUT2D eigenvalue weighted by Crippen LogP contribution is 2.25. The number of hydrogen-bond acceptors (Lipinski definition) is 4. The van der Waals surface area contributed by atoms with Crippen LogP contribution in [-0.2, 0) is 6.54 Å². The molecule has 0 unspecified atom stereocenters. The molecular weight excluding hydrogens is 258 g/mol. The van der Waals surface area contributed by atoms with Gasteiger partial charge in [0.15, 0.2) is 17.3 Å². The van der Waals surface area contributed by atoms with Gasteiger partial charge in [-0.25, -0.2) is 0 Å². The van der Waals surface area contributed by atoms with E-state index in [1.807, 2.05) is 41.1 Å². The van der Waals surface area contributed by atoms with Crippen molar-refractivity contribution >= 4 is 5.84 Å². The van der Waals surface area contributed by atoms with Crippen molar-refractivity contribution in [2.24, 2.45) is 10.9 Å². The fraction of sp³-hybridized carbons (Fsp3) is 0.214. The monoisotopic (exact) mass is 275 g/mol. The number of benzene rings is 1. The van der Waals surface area contributed by atoms with E-state index >= 15 is 0 Å². The number of para-hydroxylation sites is 2. The molecule has 0 atom stereocenters. The van der Waals surface area contributed by atoms with Crippen molar-refractivity contribution in [2.45, 2.75) is 6.54 Å². The van der Waals surface area contributed by atoms with Crippen LogP contribution >= 0.6 is 0 Å². The minimum Gasteiger partial charge on any atom is -0.493 e. The Balaban J connectivity index is 1.98. The Hall–Kier alpha value is -2.63. The van der Waals surface area contributed by atoms with E-state index in [4.69, 9.17) is 20.4 Å². The van der Waals surface area contributed by atoms with Crippen molar-refractivity contribution in [3.8, 4) is 11.5 Å². The SMILES string of the molecule is COc1ccccc1OCCn1cccc1/C(N)=N/O. The van der Waals surface area contributed by atoms with Crippen molar-refractivity contribution in [3.05, 3.63) is 48.3 Å². The number of rotatable bonds is 6. The highest BCUT2D eigenvalue weighted by Gasteiger charge is 2.06. The Morgan fingerprint density at radius 2 is 2.00 bits per heavy atom. The van der Waals surface area contributed by atoms with E-state index in [1.165, 1.54) is 0 Å². The second kappa shape index (κ2) is 6.51. The third-order valence-electron chi connectivity index (χ3n) is 2.86. The van der Waals surface area contributed by atoms with Crippen LogP contribution in [0.5, 0.6) is 11.5 Å². The molecule has 0 saturated carbocycles. The van der Waals surface area contributed by atoms with Crippen LogP contribution in [0.4, 0.5) is 0 Å². The van der Waals surface area contributed by atoms with Crippen LogP contribution in [0.3, 0.4) is 0 Å². The van der Waals surface area contributed by atoms with Crippen LogP contribution < -0.4 is 15.2 Å². The van der Waals surface area contributed by atoms with Crippen LogP contribution in [0.1, 0.15) is 5.69 Å². The number of amidine groups is 1. The number of nitrogens with zero attached hydrogens (tertiary/aromatic N) is 2. The Bertz CT molecular complexity index is 593. The fourth-order valence-electron chi connectivity index (χ4n) is 1.88. The molecule has 0 amide bonds. The molecule has 0 spiro atoms. The molecule has 0 bridgehead atoms. The van der Waals surface area contributed by atoms with Gasteiger partial charge in [0.1, 0.15) is 6.61 Å². The first-order valence-electron chi connectivity index (χ1n) is 6.15. The Morgan fingerprint density at radius 3 is 2.70 bits per heavy atom. The summed E-state index contributed by atoms with van der Waals surface area (Å²) in [6.45, 7) is 1.03. The zero-order valence-electron chi connectivity index (χ0n) is 11.2. The molecule has 2 rings (SSSR count). The van der Waals surface area contributed by atoms with Crippen LogP contribution in [0, 0.1) is 0 Å². The Kier molecular flexibility index (Phi) is 4.49. The molecule has 3 N–H and O–H groups in total. The lowest BCUT2D eigenvalue weighted by molar-refractivity contribution is 0.279. The second-order valence-corrected chi connectivity index (χ2v) is 4.07. The number of methoxy groups -OCH3 is 1. The van der Waals surface area contributed by atoms with E-state index in [2.05, 4.69) is 5.16 Å². The molecule has 0 aliphatic heterocycles. The van der Waals surface area contributed by atoms with Crippen LogP contribution in [0.15, 0.2) is 47.8 Å². The first-order valence-corrected chi connectivity index (χ1v) is 6.15. The summed E-state index contributed by atoms with van der Waals surface area (Å²) in [5.41, 5.74) is 6.24. The van der Waals surface area contributed by atoms with Crippen LogP contribution in [0.2, 0.25) is 0 Å². The lowest BCUT2D eigenvalue weighted by Gasteiger charge is -2.12. The molecule has 0 saturated heterocycles. The third-order valence-corrected chi connectivity index (χ3v) is 2.86. The van der Waals surface area contributed by atoms with Gasteiger partial charge < -0.3 is 25.0 Å². The fourth-order valence-corrected chi connectivity index (χ4v) is 1.88. The van der Waals surface area contributed by atoms with Gasteiger partial charge in [-0.1, -0.05) is 17.3 Å². The number of aromatic nitrogens is 1. The minimum absolute atomic E-state index is 0.0762. The molecule has 0 fully saturated rings. The largest absolute Gasteiger partial charge is 0.493 e. The molecule has 0 radical (unpaired) electrons. The van der Waals surface area contributed by atoms with Crippen molar-refractivity contribution in [3.63, 3.8) is 0 Å². The van der Waals surface area contributed by atoms with Crippen molar-refractivity contribution in [1.29, 1.82) is 0 Å². The summed E-state index contributed by atoms with van der Waals surface area (Å²) in [4.78, 5) is 0. The summed E-state index contributed by atoms with van der Waals surface area (Å²) in [5, 5.41) is 11.7. The predicted octanol–water partition coefficient (Wildman–Crippen LogP) is 1.67. The molecule has 6 nitrogen and oxygen atoms in total. The summed E-state index contributed by atoms with van der Waals surface area (Å²) in [5.74, 6) is 1.46. The summed E-state index contributed by atoms with van der Waals surface area (Å²) < 4.78 is 12.7. The summed E-state index contributed by atoms with van der Waals surface area (Å²) in [6.07, 6.45) is 1.85. The highest BCUT2D eigenvalue weighted by atomic mass is 16.5. The summed E-state index contributed by atoms with van der Waals surface area (Å²) in [7, 11) is 1.60. The van der Waals surface area contributed by atoms with E-state index < -0.39 is 0 Å². The number of oxime groups is 1. The van der Waals surface area contributed by atoms with Gasteiger partial charge in [-0.3, -0.25) is 0 Å². The Labute approximate surface area is 117 Å². The molecule has 6 heteroatoms. The van der Waals surface area contributed by atoms with E-state index in [1.54, 1.807) is 13.2 Å². The van der Waals surface area contributed by atoms with E-state index in [0.717, 1.165) is 0 Å². The highest BCUT2D eigenvalue weighted by molar-refractivity contribution is 5.95. The molecule has 2 aromatic rings. The van der Waals surface area contributed by atoms with Crippen molar-refractivity contribution in [1.82, 2.24) is 4.57 Å². The van der Waals surface area contributed by atoms with Crippen LogP contribution in [0.25, 0.3) is 0 Å². The van der Waals surface area contributed by atoms with Gasteiger partial charge in [0, 0.05) is 6.20 Å². The molecule has 106 valence electrons. The Morgan fingerprint density at radius 1 is 1.25 bits per heavy atom. The molecule has 0 aliphatic carbocycles. The van der Waals surface area contributed by atoms with Crippen molar-refractivity contribution < 1.29 is 14.7 Å². The molecule has 20 heavy (non-hydrogen) atoms. The molecular formula is C14H17N3O3. The summed E-state index contributed by atoms with van der Waals surface area (Å²) >= 11 is 0. The molecule has 0 aliphatic rings. The topological polar surface area (TPSA) is 82.0 Å². The van der Waals surface area contributed by atoms with Gasteiger partial charge in [0.25, 0.3) is 0 Å². The van der Waals surface area contributed by atoms with Crippen LogP contribution in [-0.4, -0.2) is 29.3 Å². The molecule has 1 aromatic carbocycles. The van der Waals surface area contributed by atoms with Gasteiger partial charge in [-0.05, 0) is 24.3 Å². The smallest absolute Gasteiger partial charge is 0.186 e. The van der Waals surface area contributed by atoms with Gasteiger partial charge in [0.05, 0.1) is 19.3 Å².